The summed E-state index contributed by atoms with van der Waals surface area (Å²) in [6.45, 7) is 14.3. The highest BCUT2D eigenvalue weighted by molar-refractivity contribution is 6.14. The number of rotatable bonds is 6. The minimum Gasteiger partial charge on any atom is -0.376 e. The van der Waals surface area contributed by atoms with Gasteiger partial charge in [0.05, 0.1) is 5.60 Å². The molecule has 0 N–H and O–H groups in total. The lowest BCUT2D eigenvalue weighted by Crippen LogP contribution is -2.27. The fraction of sp³-hybridized carbons (Fsp3) is 1.00. The summed E-state index contributed by atoms with van der Waals surface area (Å²) in [5.41, 5.74) is 0.0411. The van der Waals surface area contributed by atoms with Gasteiger partial charge >= 0.3 is 0 Å². The van der Waals surface area contributed by atoms with Gasteiger partial charge < -0.3 is 4.74 Å². The Morgan fingerprint density at radius 3 is 2.00 bits per heavy atom. The molecule has 0 spiro atoms. The van der Waals surface area contributed by atoms with E-state index in [9.17, 15) is 0 Å². The van der Waals surface area contributed by atoms with Crippen LogP contribution in [0.1, 0.15) is 54.4 Å². The molecule has 0 aromatic carbocycles. The largest absolute Gasteiger partial charge is 0.376 e. The molecule has 0 aliphatic rings. The molecule has 0 heterocycles. The smallest absolute Gasteiger partial charge is 0.108 e. The summed E-state index contributed by atoms with van der Waals surface area (Å²) >= 11 is 0. The Bertz CT molecular complexity index is 156. The van der Waals surface area contributed by atoms with Crippen molar-refractivity contribution in [3.63, 3.8) is 0 Å². The second-order valence-electron chi connectivity index (χ2n) is 6.52. The highest BCUT2D eigenvalue weighted by Gasteiger charge is 2.21. The van der Waals surface area contributed by atoms with E-state index in [1.165, 1.54) is 0 Å². The molecule has 0 aliphatic carbocycles. The molecule has 0 atom stereocenters. The van der Waals surface area contributed by atoms with Gasteiger partial charge in [0.25, 0.3) is 0 Å². The summed E-state index contributed by atoms with van der Waals surface area (Å²) < 4.78 is 5.92. The van der Waals surface area contributed by atoms with Crippen LogP contribution in [0.3, 0.4) is 0 Å². The molecule has 0 amide bonds. The van der Waals surface area contributed by atoms with Crippen LogP contribution < -0.4 is 0 Å². The van der Waals surface area contributed by atoms with Crippen molar-refractivity contribution in [1.82, 2.24) is 0 Å². The Labute approximate surface area is 91.0 Å². The topological polar surface area (TPSA) is 9.23 Å². The summed E-state index contributed by atoms with van der Waals surface area (Å²) in [6.07, 6.45) is 2.27. The third kappa shape index (κ3) is 8.62. The van der Waals surface area contributed by atoms with E-state index in [-0.39, 0.29) is 5.60 Å². The molecule has 2 heteroatoms. The molecule has 0 aromatic rings. The lowest BCUT2D eigenvalue weighted by Gasteiger charge is -2.29. The van der Waals surface area contributed by atoms with E-state index in [0.29, 0.717) is 11.2 Å². The zero-order valence-corrected chi connectivity index (χ0v) is 11.1. The maximum Gasteiger partial charge on any atom is 0.108 e. The van der Waals surface area contributed by atoms with Crippen LogP contribution in [0.5, 0.6) is 0 Å². The molecule has 0 saturated carbocycles. The number of ether oxygens (including phenoxy) is 1. The highest BCUT2D eigenvalue weighted by atomic mass is 16.5. The Morgan fingerprint density at radius 1 is 1.14 bits per heavy atom. The van der Waals surface area contributed by atoms with Gasteiger partial charge in [-0.25, -0.2) is 0 Å². The predicted molar refractivity (Wildman–Crippen MR) is 66.7 cm³/mol. The molecule has 0 saturated heterocycles. The summed E-state index contributed by atoms with van der Waals surface area (Å²) in [6, 6.07) is 0. The van der Waals surface area contributed by atoms with Crippen LogP contribution in [0, 0.1) is 5.92 Å². The van der Waals surface area contributed by atoms with Crippen molar-refractivity contribution in [2.24, 2.45) is 5.92 Å². The van der Waals surface area contributed by atoms with Gasteiger partial charge in [-0.15, -0.1) is 0 Å². The maximum atomic E-state index is 5.92. The van der Waals surface area contributed by atoms with Gasteiger partial charge in [0.15, 0.2) is 0 Å². The van der Waals surface area contributed by atoms with Crippen LogP contribution in [-0.4, -0.2) is 20.1 Å². The van der Waals surface area contributed by atoms with Gasteiger partial charge in [-0.2, -0.15) is 0 Å². The van der Waals surface area contributed by atoms with Crippen LogP contribution in [0.4, 0.5) is 0 Å². The van der Waals surface area contributed by atoms with E-state index in [0.717, 1.165) is 19.4 Å². The molecular weight excluding hydrogens is 171 g/mol. The fourth-order valence-corrected chi connectivity index (χ4v) is 1.68. The second-order valence-corrected chi connectivity index (χ2v) is 6.52. The van der Waals surface area contributed by atoms with Gasteiger partial charge in [-0.05, 0) is 32.6 Å². The van der Waals surface area contributed by atoms with Gasteiger partial charge in [-0.3, -0.25) is 0 Å². The quantitative estimate of drug-likeness (QED) is 0.596. The van der Waals surface area contributed by atoms with E-state index in [4.69, 9.17) is 4.74 Å². The Balaban J connectivity index is 3.76. The molecule has 0 aliphatic heterocycles. The lowest BCUT2D eigenvalue weighted by atomic mass is 9.70. The SMILES string of the molecule is BC(C)(C)CCOC(C)(C)CC(C)C. The van der Waals surface area contributed by atoms with E-state index >= 15 is 0 Å². The third-order valence-corrected chi connectivity index (χ3v) is 2.24. The van der Waals surface area contributed by atoms with Crippen molar-refractivity contribution in [3.8, 4) is 0 Å². The fourth-order valence-electron chi connectivity index (χ4n) is 1.68. The van der Waals surface area contributed by atoms with Crippen LogP contribution in [0.25, 0.3) is 0 Å². The first kappa shape index (κ1) is 14.0. The molecule has 1 nitrogen and oxygen atoms in total. The monoisotopic (exact) mass is 198 g/mol. The normalized spacial score (nSPS) is 13.6. The molecule has 0 fully saturated rings. The molecule has 0 bridgehead atoms. The zero-order valence-electron chi connectivity index (χ0n) is 11.1. The summed E-state index contributed by atoms with van der Waals surface area (Å²) in [7, 11) is 2.26. The zero-order chi connectivity index (χ0) is 11.4. The standard InChI is InChI=1S/C12H27BO/c1-10(2)9-12(5,6)14-8-7-11(3,4)13/h10H,7-9,13H2,1-6H3. The van der Waals surface area contributed by atoms with Crippen LogP contribution in [-0.2, 0) is 4.74 Å². The van der Waals surface area contributed by atoms with Crippen molar-refractivity contribution >= 4 is 7.85 Å². The van der Waals surface area contributed by atoms with Crippen molar-refractivity contribution in [3.05, 3.63) is 0 Å². The van der Waals surface area contributed by atoms with Crippen LogP contribution >= 0.6 is 0 Å². The van der Waals surface area contributed by atoms with Crippen LogP contribution in [0.15, 0.2) is 0 Å². The van der Waals surface area contributed by atoms with Crippen molar-refractivity contribution < 1.29 is 4.74 Å². The van der Waals surface area contributed by atoms with Crippen LogP contribution in [0.2, 0.25) is 5.31 Å². The van der Waals surface area contributed by atoms with Gasteiger partial charge in [0.1, 0.15) is 7.85 Å². The van der Waals surface area contributed by atoms with E-state index in [2.05, 4.69) is 49.4 Å². The van der Waals surface area contributed by atoms with Crippen molar-refractivity contribution in [2.45, 2.75) is 65.3 Å². The average Bonchev–Trinajstić information content (AvgIpc) is 1.78. The summed E-state index contributed by atoms with van der Waals surface area (Å²) in [5.74, 6) is 0.708. The van der Waals surface area contributed by atoms with Crippen molar-refractivity contribution in [1.29, 1.82) is 0 Å². The molecule has 0 radical (unpaired) electrons. The van der Waals surface area contributed by atoms with E-state index in [1.54, 1.807) is 0 Å². The maximum absolute atomic E-state index is 5.92. The lowest BCUT2D eigenvalue weighted by molar-refractivity contribution is -0.0345. The predicted octanol–water partition coefficient (Wildman–Crippen LogP) is 3.05. The van der Waals surface area contributed by atoms with Gasteiger partial charge in [0.2, 0.25) is 0 Å². The van der Waals surface area contributed by atoms with Crippen molar-refractivity contribution in [2.75, 3.05) is 6.61 Å². The molecular formula is C12H27BO. The first-order valence-corrected chi connectivity index (χ1v) is 5.76. The molecule has 0 unspecified atom stereocenters. The summed E-state index contributed by atoms with van der Waals surface area (Å²) in [4.78, 5) is 0. The average molecular weight is 198 g/mol. The Kier molecular flexibility index (Phi) is 5.21. The van der Waals surface area contributed by atoms with E-state index in [1.807, 2.05) is 0 Å². The Hall–Kier alpha value is 0.0249. The van der Waals surface area contributed by atoms with E-state index < -0.39 is 0 Å². The first-order valence-electron chi connectivity index (χ1n) is 5.76. The number of hydrogen-bond donors (Lipinski definition) is 0. The molecule has 84 valence electrons. The first-order chi connectivity index (χ1) is 6.12. The molecule has 0 rings (SSSR count). The number of hydrogen-bond acceptors (Lipinski definition) is 1. The minimum atomic E-state index is 0.0411. The molecule has 0 aromatic heterocycles. The minimum absolute atomic E-state index is 0.0411. The third-order valence-electron chi connectivity index (χ3n) is 2.24. The Morgan fingerprint density at radius 2 is 1.64 bits per heavy atom. The van der Waals surface area contributed by atoms with Gasteiger partial charge in [-0.1, -0.05) is 33.0 Å². The highest BCUT2D eigenvalue weighted by Crippen LogP contribution is 2.26. The van der Waals surface area contributed by atoms with Gasteiger partial charge in [0, 0.05) is 6.61 Å². The second kappa shape index (κ2) is 5.20. The summed E-state index contributed by atoms with van der Waals surface area (Å²) in [5, 5.41) is 0.383. The molecule has 14 heavy (non-hydrogen) atoms.